The lowest BCUT2D eigenvalue weighted by Crippen LogP contribution is -2.49. The number of benzene rings is 2. The van der Waals surface area contributed by atoms with Crippen molar-refractivity contribution in [3.05, 3.63) is 87.3 Å². The van der Waals surface area contributed by atoms with E-state index in [1.54, 1.807) is 0 Å². The first kappa shape index (κ1) is 22.3. The Morgan fingerprint density at radius 3 is 2.31 bits per heavy atom. The summed E-state index contributed by atoms with van der Waals surface area (Å²) in [7, 11) is 0. The molecule has 0 bridgehead atoms. The lowest BCUT2D eigenvalue weighted by atomic mass is 10.0. The molecule has 1 aromatic heterocycles. The van der Waals surface area contributed by atoms with Gasteiger partial charge in [-0.25, -0.2) is 9.97 Å². The standard InChI is InChI=1S/C26H29ClN4O/c1-4-20-9-11-21(12-10-20)26(32)31-15-13-30(14-16-31)25-23(18(2)28-19(3)29-25)17-22-7-5-6-8-24(22)27/h5-12H,4,13-17H2,1-3H3. The van der Waals surface area contributed by atoms with Gasteiger partial charge < -0.3 is 9.80 Å². The molecule has 6 heteroatoms. The minimum Gasteiger partial charge on any atom is -0.353 e. The van der Waals surface area contributed by atoms with Gasteiger partial charge in [0.1, 0.15) is 11.6 Å². The molecule has 0 aliphatic carbocycles. The van der Waals surface area contributed by atoms with Crippen molar-refractivity contribution in [3.8, 4) is 0 Å². The van der Waals surface area contributed by atoms with E-state index in [1.165, 1.54) is 5.56 Å². The van der Waals surface area contributed by atoms with E-state index in [1.807, 2.05) is 67.3 Å². The molecule has 3 aromatic rings. The van der Waals surface area contributed by atoms with Crippen molar-refractivity contribution in [1.82, 2.24) is 14.9 Å². The minimum absolute atomic E-state index is 0.0960. The summed E-state index contributed by atoms with van der Waals surface area (Å²) in [4.78, 5) is 26.6. The number of aryl methyl sites for hydroxylation is 3. The average Bonchev–Trinajstić information content (AvgIpc) is 2.81. The summed E-state index contributed by atoms with van der Waals surface area (Å²) in [5, 5.41) is 0.753. The fraction of sp³-hybridized carbons (Fsp3) is 0.346. The Hall–Kier alpha value is -2.92. The summed E-state index contributed by atoms with van der Waals surface area (Å²) >= 11 is 6.43. The first-order valence-corrected chi connectivity index (χ1v) is 11.5. The molecule has 0 atom stereocenters. The minimum atomic E-state index is 0.0960. The molecule has 0 spiro atoms. The number of piperazine rings is 1. The number of hydrogen-bond donors (Lipinski definition) is 0. The molecule has 4 rings (SSSR count). The number of carbonyl (C=O) groups excluding carboxylic acids is 1. The van der Waals surface area contributed by atoms with Gasteiger partial charge in [-0.3, -0.25) is 4.79 Å². The summed E-state index contributed by atoms with van der Waals surface area (Å²) in [5.74, 6) is 1.81. The lowest BCUT2D eigenvalue weighted by Gasteiger charge is -2.36. The molecule has 0 unspecified atom stereocenters. The second kappa shape index (κ2) is 9.70. The average molecular weight is 449 g/mol. The van der Waals surface area contributed by atoms with Gasteiger partial charge in [0.2, 0.25) is 0 Å². The third-order valence-electron chi connectivity index (χ3n) is 6.10. The van der Waals surface area contributed by atoms with E-state index in [4.69, 9.17) is 16.6 Å². The number of halogens is 1. The number of amides is 1. The van der Waals surface area contributed by atoms with Crippen molar-refractivity contribution in [2.24, 2.45) is 0 Å². The van der Waals surface area contributed by atoms with Crippen molar-refractivity contribution in [3.63, 3.8) is 0 Å². The van der Waals surface area contributed by atoms with Gasteiger partial charge in [-0.15, -0.1) is 0 Å². The van der Waals surface area contributed by atoms with Crippen molar-refractivity contribution in [1.29, 1.82) is 0 Å². The summed E-state index contributed by atoms with van der Waals surface area (Å²) in [5.41, 5.74) is 5.13. The molecule has 0 radical (unpaired) electrons. The van der Waals surface area contributed by atoms with Gasteiger partial charge in [0.15, 0.2) is 0 Å². The zero-order valence-electron chi connectivity index (χ0n) is 18.9. The molecule has 32 heavy (non-hydrogen) atoms. The van der Waals surface area contributed by atoms with E-state index in [0.29, 0.717) is 19.5 Å². The topological polar surface area (TPSA) is 49.3 Å². The quantitative estimate of drug-likeness (QED) is 0.559. The van der Waals surface area contributed by atoms with Crippen LogP contribution in [0.25, 0.3) is 0 Å². The van der Waals surface area contributed by atoms with E-state index in [9.17, 15) is 4.79 Å². The van der Waals surface area contributed by atoms with Crippen LogP contribution in [-0.2, 0) is 12.8 Å². The normalized spacial score (nSPS) is 14.0. The third-order valence-corrected chi connectivity index (χ3v) is 6.47. The number of rotatable bonds is 5. The van der Waals surface area contributed by atoms with E-state index in [-0.39, 0.29) is 5.91 Å². The molecule has 5 nitrogen and oxygen atoms in total. The molecule has 2 heterocycles. The molecule has 0 saturated carbocycles. The molecule has 1 fully saturated rings. The Balaban J connectivity index is 1.51. The molecule has 1 aliphatic heterocycles. The summed E-state index contributed by atoms with van der Waals surface area (Å²) < 4.78 is 0. The smallest absolute Gasteiger partial charge is 0.253 e. The van der Waals surface area contributed by atoms with E-state index >= 15 is 0 Å². The van der Waals surface area contributed by atoms with Crippen molar-refractivity contribution >= 4 is 23.3 Å². The predicted octanol–water partition coefficient (Wildman–Crippen LogP) is 4.86. The van der Waals surface area contributed by atoms with Gasteiger partial charge in [0.25, 0.3) is 5.91 Å². The van der Waals surface area contributed by atoms with Gasteiger partial charge in [0.05, 0.1) is 0 Å². The van der Waals surface area contributed by atoms with Crippen LogP contribution in [0.4, 0.5) is 5.82 Å². The fourth-order valence-electron chi connectivity index (χ4n) is 4.21. The van der Waals surface area contributed by atoms with Crippen LogP contribution in [0.2, 0.25) is 5.02 Å². The monoisotopic (exact) mass is 448 g/mol. The lowest BCUT2D eigenvalue weighted by molar-refractivity contribution is 0.0746. The molecular weight excluding hydrogens is 420 g/mol. The number of nitrogens with zero attached hydrogens (tertiary/aromatic N) is 4. The van der Waals surface area contributed by atoms with Crippen LogP contribution in [0.3, 0.4) is 0 Å². The maximum atomic E-state index is 13.0. The Morgan fingerprint density at radius 2 is 1.66 bits per heavy atom. The number of hydrogen-bond acceptors (Lipinski definition) is 4. The van der Waals surface area contributed by atoms with Gasteiger partial charge in [0, 0.05) is 54.4 Å². The summed E-state index contributed by atoms with van der Waals surface area (Å²) in [6.07, 6.45) is 1.66. The molecule has 1 amide bonds. The molecular formula is C26H29ClN4O. The van der Waals surface area contributed by atoms with Crippen LogP contribution in [0.1, 0.15) is 45.5 Å². The Morgan fingerprint density at radius 1 is 0.969 bits per heavy atom. The van der Waals surface area contributed by atoms with Crippen LogP contribution < -0.4 is 4.90 Å². The highest BCUT2D eigenvalue weighted by Gasteiger charge is 2.25. The van der Waals surface area contributed by atoms with Crippen molar-refractivity contribution < 1.29 is 4.79 Å². The second-order valence-electron chi connectivity index (χ2n) is 8.26. The Kier molecular flexibility index (Phi) is 6.75. The number of anilines is 1. The van der Waals surface area contributed by atoms with E-state index in [0.717, 1.165) is 58.6 Å². The van der Waals surface area contributed by atoms with Gasteiger partial charge >= 0.3 is 0 Å². The van der Waals surface area contributed by atoms with Gasteiger partial charge in [-0.1, -0.05) is 48.9 Å². The molecule has 0 N–H and O–H groups in total. The molecule has 1 saturated heterocycles. The van der Waals surface area contributed by atoms with Crippen LogP contribution in [0, 0.1) is 13.8 Å². The highest BCUT2D eigenvalue weighted by molar-refractivity contribution is 6.31. The van der Waals surface area contributed by atoms with Gasteiger partial charge in [-0.2, -0.15) is 0 Å². The van der Waals surface area contributed by atoms with Crippen LogP contribution in [0.5, 0.6) is 0 Å². The van der Waals surface area contributed by atoms with Crippen LogP contribution in [0.15, 0.2) is 48.5 Å². The molecule has 1 aliphatic rings. The predicted molar refractivity (Wildman–Crippen MR) is 130 cm³/mol. The zero-order chi connectivity index (χ0) is 22.7. The SMILES string of the molecule is CCc1ccc(C(=O)N2CCN(c3nc(C)nc(C)c3Cc3ccccc3Cl)CC2)cc1. The highest BCUT2D eigenvalue weighted by Crippen LogP contribution is 2.28. The maximum absolute atomic E-state index is 13.0. The first-order chi connectivity index (χ1) is 15.5. The van der Waals surface area contributed by atoms with Crippen molar-refractivity contribution in [2.75, 3.05) is 31.1 Å². The zero-order valence-corrected chi connectivity index (χ0v) is 19.7. The Bertz CT molecular complexity index is 1110. The Labute approximate surface area is 195 Å². The molecule has 2 aromatic carbocycles. The van der Waals surface area contributed by atoms with Crippen LogP contribution >= 0.6 is 11.6 Å². The number of aromatic nitrogens is 2. The summed E-state index contributed by atoms with van der Waals surface area (Å²) in [6.45, 7) is 8.89. The largest absolute Gasteiger partial charge is 0.353 e. The van der Waals surface area contributed by atoms with E-state index < -0.39 is 0 Å². The first-order valence-electron chi connectivity index (χ1n) is 11.2. The van der Waals surface area contributed by atoms with Crippen LogP contribution in [-0.4, -0.2) is 47.0 Å². The van der Waals surface area contributed by atoms with Gasteiger partial charge in [-0.05, 0) is 49.6 Å². The number of carbonyl (C=O) groups is 1. The summed E-state index contributed by atoms with van der Waals surface area (Å²) in [6, 6.07) is 15.9. The molecule has 166 valence electrons. The third kappa shape index (κ3) is 4.78. The fourth-order valence-corrected chi connectivity index (χ4v) is 4.41. The highest BCUT2D eigenvalue weighted by atomic mass is 35.5. The maximum Gasteiger partial charge on any atom is 0.253 e. The second-order valence-corrected chi connectivity index (χ2v) is 8.66. The van der Waals surface area contributed by atoms with E-state index in [2.05, 4.69) is 16.8 Å². The van der Waals surface area contributed by atoms with Crippen molar-refractivity contribution in [2.45, 2.75) is 33.6 Å².